The summed E-state index contributed by atoms with van der Waals surface area (Å²) < 4.78 is 5.26. The van der Waals surface area contributed by atoms with Gasteiger partial charge in [-0.15, -0.1) is 0 Å². The normalized spacial score (nSPS) is 23.6. The number of nitrogen functional groups attached to an aromatic ring is 1. The van der Waals surface area contributed by atoms with Crippen LogP contribution in [-0.4, -0.2) is 30.4 Å². The Hall–Kier alpha value is -1.55. The van der Waals surface area contributed by atoms with Gasteiger partial charge >= 0.3 is 0 Å². The first-order valence-corrected chi connectivity index (χ1v) is 7.26. The van der Waals surface area contributed by atoms with E-state index in [0.717, 1.165) is 19.0 Å². The van der Waals surface area contributed by atoms with Gasteiger partial charge in [0.25, 0.3) is 0 Å². The van der Waals surface area contributed by atoms with Crippen molar-refractivity contribution in [2.75, 3.05) is 13.7 Å². The number of nitrogens with zero attached hydrogens (tertiary/aromatic N) is 1. The minimum absolute atomic E-state index is 0.0590. The third-order valence-corrected chi connectivity index (χ3v) is 4.19. The van der Waals surface area contributed by atoms with Crippen LogP contribution in [0.15, 0.2) is 18.2 Å². The number of methoxy groups -OCH3 is 1. The predicted molar refractivity (Wildman–Crippen MR) is 82.3 cm³/mol. The zero-order valence-corrected chi connectivity index (χ0v) is 12.6. The molecule has 0 radical (unpaired) electrons. The quantitative estimate of drug-likeness (QED) is 0.656. The Labute approximate surface area is 121 Å². The Morgan fingerprint density at radius 3 is 2.80 bits per heavy atom. The summed E-state index contributed by atoms with van der Waals surface area (Å²) in [7, 11) is 1.61. The van der Waals surface area contributed by atoms with Gasteiger partial charge in [0.05, 0.1) is 12.7 Å². The van der Waals surface area contributed by atoms with Gasteiger partial charge < -0.3 is 10.5 Å². The van der Waals surface area contributed by atoms with Gasteiger partial charge in [0.2, 0.25) is 0 Å². The molecule has 0 saturated carbocycles. The van der Waals surface area contributed by atoms with E-state index >= 15 is 0 Å². The molecule has 0 bridgehead atoms. The molecule has 20 heavy (non-hydrogen) atoms. The molecule has 2 unspecified atom stereocenters. The van der Waals surface area contributed by atoms with E-state index in [1.807, 2.05) is 12.1 Å². The maximum atomic E-state index is 7.65. The molecule has 1 heterocycles. The van der Waals surface area contributed by atoms with Gasteiger partial charge in [0.15, 0.2) is 0 Å². The largest absolute Gasteiger partial charge is 0.496 e. The lowest BCUT2D eigenvalue weighted by molar-refractivity contribution is 0.117. The standard InChI is InChI=1S/C16H25N3O/c1-11-4-5-12(2)19(9-11)10-13-6-7-15(20-3)14(8-13)16(17)18/h6-8,11-12H,4-5,9-10H2,1-3H3,(H3,17,18). The van der Waals surface area contributed by atoms with Crippen molar-refractivity contribution >= 4 is 5.84 Å². The summed E-state index contributed by atoms with van der Waals surface area (Å²) >= 11 is 0. The Kier molecular flexibility index (Phi) is 4.65. The second-order valence-electron chi connectivity index (χ2n) is 5.91. The molecule has 110 valence electrons. The summed E-state index contributed by atoms with van der Waals surface area (Å²) in [5, 5.41) is 7.65. The van der Waals surface area contributed by atoms with Crippen molar-refractivity contribution in [1.82, 2.24) is 4.90 Å². The molecule has 1 aromatic rings. The SMILES string of the molecule is COc1ccc(CN2CC(C)CCC2C)cc1C(=N)N. The van der Waals surface area contributed by atoms with E-state index in [0.29, 0.717) is 17.4 Å². The zero-order chi connectivity index (χ0) is 14.7. The third-order valence-electron chi connectivity index (χ3n) is 4.19. The summed E-state index contributed by atoms with van der Waals surface area (Å²) in [5.74, 6) is 1.49. The van der Waals surface area contributed by atoms with E-state index < -0.39 is 0 Å². The van der Waals surface area contributed by atoms with Crippen molar-refractivity contribution in [2.24, 2.45) is 11.7 Å². The molecule has 1 aliphatic rings. The maximum Gasteiger partial charge on any atom is 0.129 e. The minimum atomic E-state index is 0.0590. The van der Waals surface area contributed by atoms with E-state index in [1.54, 1.807) is 7.11 Å². The molecule has 1 aliphatic heterocycles. The fourth-order valence-electron chi connectivity index (χ4n) is 2.90. The second-order valence-corrected chi connectivity index (χ2v) is 5.91. The fraction of sp³-hybridized carbons (Fsp3) is 0.562. The molecule has 0 amide bonds. The van der Waals surface area contributed by atoms with Gasteiger partial charge in [-0.25, -0.2) is 0 Å². The number of amidine groups is 1. The van der Waals surface area contributed by atoms with Gasteiger partial charge in [-0.2, -0.15) is 0 Å². The van der Waals surface area contributed by atoms with Crippen molar-refractivity contribution in [2.45, 2.75) is 39.3 Å². The molecule has 1 saturated heterocycles. The number of ether oxygens (including phenoxy) is 1. The molecule has 0 spiro atoms. The summed E-state index contributed by atoms with van der Waals surface area (Å²) in [6.45, 7) is 6.66. The van der Waals surface area contributed by atoms with Gasteiger partial charge in [0, 0.05) is 19.1 Å². The van der Waals surface area contributed by atoms with E-state index in [-0.39, 0.29) is 5.84 Å². The highest BCUT2D eigenvalue weighted by atomic mass is 16.5. The lowest BCUT2D eigenvalue weighted by Crippen LogP contribution is -2.40. The molecule has 0 aliphatic carbocycles. The van der Waals surface area contributed by atoms with Crippen molar-refractivity contribution < 1.29 is 4.74 Å². The first-order chi connectivity index (χ1) is 9.51. The molecule has 2 atom stereocenters. The van der Waals surface area contributed by atoms with E-state index in [1.165, 1.54) is 18.4 Å². The molecule has 2 rings (SSSR count). The molecule has 1 aromatic carbocycles. The van der Waals surface area contributed by atoms with Crippen LogP contribution in [0.3, 0.4) is 0 Å². The first-order valence-electron chi connectivity index (χ1n) is 7.26. The van der Waals surface area contributed by atoms with Crippen LogP contribution in [-0.2, 0) is 6.54 Å². The average Bonchev–Trinajstić information content (AvgIpc) is 2.42. The van der Waals surface area contributed by atoms with Crippen LogP contribution in [0.2, 0.25) is 0 Å². The number of nitrogens with two attached hydrogens (primary N) is 1. The van der Waals surface area contributed by atoms with Crippen molar-refractivity contribution in [1.29, 1.82) is 5.41 Å². The van der Waals surface area contributed by atoms with E-state index in [9.17, 15) is 0 Å². The lowest BCUT2D eigenvalue weighted by atomic mass is 9.94. The Morgan fingerprint density at radius 2 is 2.15 bits per heavy atom. The van der Waals surface area contributed by atoms with Crippen molar-refractivity contribution in [3.63, 3.8) is 0 Å². The molecule has 1 fully saturated rings. The number of hydrogen-bond acceptors (Lipinski definition) is 3. The van der Waals surface area contributed by atoms with Crippen LogP contribution in [0.5, 0.6) is 5.75 Å². The highest BCUT2D eigenvalue weighted by Crippen LogP contribution is 2.25. The monoisotopic (exact) mass is 275 g/mol. The molecular weight excluding hydrogens is 250 g/mol. The topological polar surface area (TPSA) is 62.3 Å². The van der Waals surface area contributed by atoms with Gasteiger partial charge in [-0.05, 0) is 43.4 Å². The van der Waals surface area contributed by atoms with Crippen LogP contribution in [0, 0.1) is 11.3 Å². The predicted octanol–water partition coefficient (Wildman–Crippen LogP) is 2.60. The van der Waals surface area contributed by atoms with Gasteiger partial charge in [-0.1, -0.05) is 13.0 Å². The van der Waals surface area contributed by atoms with E-state index in [2.05, 4.69) is 24.8 Å². The number of hydrogen-bond donors (Lipinski definition) is 2. The van der Waals surface area contributed by atoms with Gasteiger partial charge in [0.1, 0.15) is 11.6 Å². The number of likely N-dealkylation sites (tertiary alicyclic amines) is 1. The number of nitrogens with one attached hydrogen (secondary N) is 1. The highest BCUT2D eigenvalue weighted by Gasteiger charge is 2.23. The number of piperidine rings is 1. The van der Waals surface area contributed by atoms with Crippen LogP contribution < -0.4 is 10.5 Å². The number of benzene rings is 1. The molecule has 4 heteroatoms. The summed E-state index contributed by atoms with van der Waals surface area (Å²) in [6.07, 6.45) is 2.58. The van der Waals surface area contributed by atoms with Crippen LogP contribution in [0.25, 0.3) is 0 Å². The van der Waals surface area contributed by atoms with Crippen LogP contribution in [0.4, 0.5) is 0 Å². The molecule has 4 nitrogen and oxygen atoms in total. The maximum absolute atomic E-state index is 7.65. The molecule has 0 aromatic heterocycles. The fourth-order valence-corrected chi connectivity index (χ4v) is 2.90. The van der Waals surface area contributed by atoms with Gasteiger partial charge in [-0.3, -0.25) is 10.3 Å². The second kappa shape index (κ2) is 6.27. The summed E-state index contributed by atoms with van der Waals surface area (Å²) in [6, 6.07) is 6.57. The van der Waals surface area contributed by atoms with Crippen molar-refractivity contribution in [3.05, 3.63) is 29.3 Å². The number of rotatable bonds is 4. The van der Waals surface area contributed by atoms with Crippen molar-refractivity contribution in [3.8, 4) is 5.75 Å². The highest BCUT2D eigenvalue weighted by molar-refractivity contribution is 5.97. The molecular formula is C16H25N3O. The zero-order valence-electron chi connectivity index (χ0n) is 12.6. The summed E-state index contributed by atoms with van der Waals surface area (Å²) in [5.41, 5.74) is 7.51. The molecule has 3 N–H and O–H groups in total. The first kappa shape index (κ1) is 14.9. The van der Waals surface area contributed by atoms with Crippen LogP contribution >= 0.6 is 0 Å². The Balaban J connectivity index is 2.16. The average molecular weight is 275 g/mol. The Bertz CT molecular complexity index is 487. The third kappa shape index (κ3) is 3.31. The minimum Gasteiger partial charge on any atom is -0.496 e. The Morgan fingerprint density at radius 1 is 1.40 bits per heavy atom. The van der Waals surface area contributed by atoms with Crippen LogP contribution in [0.1, 0.15) is 37.8 Å². The summed E-state index contributed by atoms with van der Waals surface area (Å²) in [4.78, 5) is 2.51. The van der Waals surface area contributed by atoms with E-state index in [4.69, 9.17) is 15.9 Å². The smallest absolute Gasteiger partial charge is 0.129 e. The lowest BCUT2D eigenvalue weighted by Gasteiger charge is -2.36.